The second-order valence-electron chi connectivity index (χ2n) is 10.7. The Morgan fingerprint density at radius 3 is 2.21 bits per heavy atom. The maximum Gasteiger partial charge on any atom is 0.337 e. The topological polar surface area (TPSA) is 69.6 Å². The van der Waals surface area contributed by atoms with Gasteiger partial charge in [0.15, 0.2) is 0 Å². The van der Waals surface area contributed by atoms with Crippen LogP contribution in [0.3, 0.4) is 0 Å². The Morgan fingerprint density at radius 2 is 1.65 bits per heavy atom. The number of carboxylic acid groups (broad SMARTS) is 1. The Balaban J connectivity index is 1.31. The van der Waals surface area contributed by atoms with Gasteiger partial charge in [-0.2, -0.15) is 0 Å². The molecule has 4 bridgehead atoms. The molecule has 0 unspecified atom stereocenters. The predicted octanol–water partition coefficient (Wildman–Crippen LogP) is 6.21. The summed E-state index contributed by atoms with van der Waals surface area (Å²) >= 11 is 0. The average Bonchev–Trinajstić information content (AvgIpc) is 2.79. The molecule has 2 aromatic rings. The third kappa shape index (κ3) is 4.55. The fourth-order valence-corrected chi connectivity index (χ4v) is 7.28. The summed E-state index contributed by atoms with van der Waals surface area (Å²) < 4.78 is 13.1. The molecular formula is C28H33FN2O3. The molecule has 4 saturated carbocycles. The standard InChI is InChI=1S/C28H33FN2O3/c1-2-31(10-9-28-15-18-11-19(16-28)13-20(12-18)17-28)25-8-7-23(14-24(25)27(33)34)30-26(32)21-3-5-22(29)6-4-21/h3-8,14,18-20H,2,9-13,15-17H2,1H3,(H,30,32)(H,33,34). The van der Waals surface area contributed by atoms with Crippen LogP contribution in [0.5, 0.6) is 0 Å². The van der Waals surface area contributed by atoms with Crippen LogP contribution < -0.4 is 10.2 Å². The molecule has 0 spiro atoms. The number of rotatable bonds is 8. The fourth-order valence-electron chi connectivity index (χ4n) is 7.28. The van der Waals surface area contributed by atoms with Gasteiger partial charge in [0.1, 0.15) is 5.82 Å². The molecule has 4 aliphatic rings. The SMILES string of the molecule is CCN(CCC12CC3CC(CC(C3)C1)C2)c1ccc(NC(=O)c2ccc(F)cc2)cc1C(=O)O. The van der Waals surface area contributed by atoms with E-state index in [1.807, 2.05) is 0 Å². The Morgan fingerprint density at radius 1 is 1.03 bits per heavy atom. The van der Waals surface area contributed by atoms with Crippen LogP contribution in [0.15, 0.2) is 42.5 Å². The largest absolute Gasteiger partial charge is 0.478 e. The minimum Gasteiger partial charge on any atom is -0.478 e. The van der Waals surface area contributed by atoms with Crippen molar-refractivity contribution < 1.29 is 19.1 Å². The summed E-state index contributed by atoms with van der Waals surface area (Å²) in [4.78, 5) is 26.8. The van der Waals surface area contributed by atoms with E-state index in [-0.39, 0.29) is 5.56 Å². The van der Waals surface area contributed by atoms with E-state index < -0.39 is 17.7 Å². The van der Waals surface area contributed by atoms with Gasteiger partial charge in [0.05, 0.1) is 11.3 Å². The lowest BCUT2D eigenvalue weighted by molar-refractivity contribution is -0.0559. The molecule has 0 heterocycles. The molecule has 6 rings (SSSR count). The third-order valence-electron chi connectivity index (χ3n) is 8.39. The predicted molar refractivity (Wildman–Crippen MR) is 131 cm³/mol. The first-order valence-corrected chi connectivity index (χ1v) is 12.5. The zero-order chi connectivity index (χ0) is 23.9. The number of hydrogen-bond donors (Lipinski definition) is 2. The second-order valence-corrected chi connectivity index (χ2v) is 10.7. The summed E-state index contributed by atoms with van der Waals surface area (Å²) in [5.41, 5.74) is 2.04. The maximum absolute atomic E-state index is 13.1. The zero-order valence-corrected chi connectivity index (χ0v) is 19.7. The van der Waals surface area contributed by atoms with Crippen molar-refractivity contribution >= 4 is 23.3 Å². The summed E-state index contributed by atoms with van der Waals surface area (Å²) in [5, 5.41) is 12.7. The Hall–Kier alpha value is -2.89. The van der Waals surface area contributed by atoms with Crippen molar-refractivity contribution in [2.24, 2.45) is 23.2 Å². The molecule has 5 nitrogen and oxygen atoms in total. The summed E-state index contributed by atoms with van der Waals surface area (Å²) in [6, 6.07) is 10.3. The van der Waals surface area contributed by atoms with Gasteiger partial charge >= 0.3 is 5.97 Å². The van der Waals surface area contributed by atoms with Crippen LogP contribution in [0.25, 0.3) is 0 Å². The lowest BCUT2D eigenvalue weighted by Crippen LogP contribution is -2.47. The summed E-state index contributed by atoms with van der Waals surface area (Å²) in [7, 11) is 0. The number of halogens is 1. The highest BCUT2D eigenvalue weighted by Crippen LogP contribution is 2.61. The van der Waals surface area contributed by atoms with Crippen LogP contribution in [0, 0.1) is 29.0 Å². The van der Waals surface area contributed by atoms with Crippen molar-refractivity contribution in [3.63, 3.8) is 0 Å². The normalized spacial score (nSPS) is 26.9. The van der Waals surface area contributed by atoms with Crippen molar-refractivity contribution in [3.05, 3.63) is 59.4 Å². The Labute approximate surface area is 200 Å². The van der Waals surface area contributed by atoms with Crippen LogP contribution in [0.1, 0.15) is 72.6 Å². The highest BCUT2D eigenvalue weighted by atomic mass is 19.1. The van der Waals surface area contributed by atoms with Gasteiger partial charge in [0, 0.05) is 24.3 Å². The monoisotopic (exact) mass is 464 g/mol. The highest BCUT2D eigenvalue weighted by molar-refractivity contribution is 6.05. The van der Waals surface area contributed by atoms with E-state index in [9.17, 15) is 19.1 Å². The Bertz CT molecular complexity index is 1050. The average molecular weight is 465 g/mol. The number of benzene rings is 2. The quantitative estimate of drug-likeness (QED) is 0.487. The van der Waals surface area contributed by atoms with Gasteiger partial charge in [0.2, 0.25) is 0 Å². The van der Waals surface area contributed by atoms with E-state index >= 15 is 0 Å². The number of carbonyl (C=O) groups is 2. The number of aromatic carboxylic acids is 1. The van der Waals surface area contributed by atoms with Crippen LogP contribution in [-0.2, 0) is 0 Å². The lowest BCUT2D eigenvalue weighted by atomic mass is 9.49. The number of carbonyl (C=O) groups excluding carboxylic acids is 1. The van der Waals surface area contributed by atoms with Crippen molar-refractivity contribution in [1.82, 2.24) is 0 Å². The minimum atomic E-state index is -1.01. The van der Waals surface area contributed by atoms with Gasteiger partial charge in [0.25, 0.3) is 5.91 Å². The van der Waals surface area contributed by atoms with Crippen LogP contribution >= 0.6 is 0 Å². The molecule has 6 heteroatoms. The van der Waals surface area contributed by atoms with Crippen LogP contribution in [0.4, 0.5) is 15.8 Å². The third-order valence-corrected chi connectivity index (χ3v) is 8.39. The number of carboxylic acids is 1. The van der Waals surface area contributed by atoms with Crippen molar-refractivity contribution in [1.29, 1.82) is 0 Å². The molecule has 1 amide bonds. The van der Waals surface area contributed by atoms with Crippen molar-refractivity contribution in [3.8, 4) is 0 Å². The van der Waals surface area contributed by atoms with E-state index in [1.165, 1.54) is 68.9 Å². The highest BCUT2D eigenvalue weighted by Gasteiger charge is 2.50. The van der Waals surface area contributed by atoms with Gasteiger partial charge in [-0.25, -0.2) is 9.18 Å². The van der Waals surface area contributed by atoms with E-state index in [1.54, 1.807) is 12.1 Å². The molecule has 0 aliphatic heterocycles. The maximum atomic E-state index is 13.1. The molecule has 0 aromatic heterocycles. The molecule has 0 saturated heterocycles. The van der Waals surface area contributed by atoms with E-state index in [0.29, 0.717) is 22.4 Å². The van der Waals surface area contributed by atoms with Crippen molar-refractivity contribution in [2.45, 2.75) is 51.9 Å². The van der Waals surface area contributed by atoms with Gasteiger partial charge in [-0.3, -0.25) is 4.79 Å². The molecule has 0 atom stereocenters. The number of nitrogens with zero attached hydrogens (tertiary/aromatic N) is 1. The molecule has 2 N–H and O–H groups in total. The Kier molecular flexibility index (Phi) is 6.09. The second kappa shape index (κ2) is 9.05. The lowest BCUT2D eigenvalue weighted by Gasteiger charge is -2.57. The van der Waals surface area contributed by atoms with Gasteiger partial charge in [-0.05, 0) is 118 Å². The first-order valence-electron chi connectivity index (χ1n) is 12.5. The molecule has 2 aromatic carbocycles. The minimum absolute atomic E-state index is 0.185. The van der Waals surface area contributed by atoms with Crippen molar-refractivity contribution in [2.75, 3.05) is 23.3 Å². The van der Waals surface area contributed by atoms with Gasteiger partial charge in [-0.1, -0.05) is 0 Å². The van der Waals surface area contributed by atoms with E-state index in [4.69, 9.17) is 0 Å². The first-order chi connectivity index (χ1) is 16.3. The molecule has 4 aliphatic carbocycles. The van der Waals surface area contributed by atoms with E-state index in [2.05, 4.69) is 17.1 Å². The number of hydrogen-bond acceptors (Lipinski definition) is 3. The van der Waals surface area contributed by atoms with Crippen LogP contribution in [0.2, 0.25) is 0 Å². The molecule has 4 fully saturated rings. The van der Waals surface area contributed by atoms with Gasteiger partial charge < -0.3 is 15.3 Å². The first kappa shape index (κ1) is 22.9. The molecule has 0 radical (unpaired) electrons. The smallest absolute Gasteiger partial charge is 0.337 e. The van der Waals surface area contributed by atoms with Gasteiger partial charge in [-0.15, -0.1) is 0 Å². The van der Waals surface area contributed by atoms with E-state index in [0.717, 1.165) is 37.3 Å². The molecule has 180 valence electrons. The summed E-state index contributed by atoms with van der Waals surface area (Å²) in [6.45, 7) is 3.65. The number of amides is 1. The zero-order valence-electron chi connectivity index (χ0n) is 19.7. The number of nitrogens with one attached hydrogen (secondary N) is 1. The number of anilines is 2. The summed E-state index contributed by atoms with van der Waals surface area (Å²) in [6.07, 6.45) is 9.41. The molecular weight excluding hydrogens is 431 g/mol. The molecule has 34 heavy (non-hydrogen) atoms. The fraction of sp³-hybridized carbons (Fsp3) is 0.500. The van der Waals surface area contributed by atoms with Crippen LogP contribution in [-0.4, -0.2) is 30.1 Å². The summed E-state index contributed by atoms with van der Waals surface area (Å²) in [5.74, 6) is 0.876.